The number of β-amino-alcohol motifs (C(OH)–C–C–N with tert-alkyl or cyclic N) is 1. The van der Waals surface area contributed by atoms with E-state index in [1.807, 2.05) is 6.92 Å². The Morgan fingerprint density at radius 3 is 2.52 bits per heavy atom. The molecule has 6 nitrogen and oxygen atoms in total. The Morgan fingerprint density at radius 2 is 1.81 bits per heavy atom. The summed E-state index contributed by atoms with van der Waals surface area (Å²) in [7, 11) is 0. The molecule has 1 atom stereocenters. The predicted molar refractivity (Wildman–Crippen MR) is 126 cm³/mol. The monoisotopic (exact) mass is 426 g/mol. The summed E-state index contributed by atoms with van der Waals surface area (Å²) < 4.78 is 5.57. The molecule has 0 aliphatic carbocycles. The van der Waals surface area contributed by atoms with E-state index in [-0.39, 0.29) is 0 Å². The molecule has 1 aliphatic rings. The third kappa shape index (κ3) is 6.73. The van der Waals surface area contributed by atoms with Crippen LogP contribution in [0.15, 0.2) is 24.3 Å². The maximum Gasteiger partial charge on any atom is 0.136 e. The minimum Gasteiger partial charge on any atom is -0.389 e. The summed E-state index contributed by atoms with van der Waals surface area (Å²) in [6.07, 6.45) is 2.59. The normalized spacial score (nSPS) is 16.0. The Labute approximate surface area is 187 Å². The van der Waals surface area contributed by atoms with Crippen LogP contribution in [-0.2, 0) is 11.2 Å². The molecule has 0 saturated carbocycles. The molecule has 2 heterocycles. The van der Waals surface area contributed by atoms with Crippen LogP contribution in [0.4, 0.5) is 5.82 Å². The molecule has 6 heteroatoms. The lowest BCUT2D eigenvalue weighted by molar-refractivity contribution is 0.0150. The van der Waals surface area contributed by atoms with Crippen LogP contribution in [0.3, 0.4) is 0 Å². The second-order valence-electron chi connectivity index (χ2n) is 8.63. The Morgan fingerprint density at radius 1 is 1.06 bits per heavy atom. The number of hydrogen-bond donors (Lipinski definition) is 1. The molecule has 0 spiro atoms. The van der Waals surface area contributed by atoms with Gasteiger partial charge in [-0.15, -0.1) is 0 Å². The SMILES string of the molecule is CCCCOC[C@H](O)CN1CCN(c2nc(C)nc(C)c2Cc2ccccc2C)CC1. The average Bonchev–Trinajstić information content (AvgIpc) is 2.75. The van der Waals surface area contributed by atoms with Gasteiger partial charge in [0.2, 0.25) is 0 Å². The number of rotatable bonds is 10. The zero-order valence-corrected chi connectivity index (χ0v) is 19.6. The topological polar surface area (TPSA) is 61.7 Å². The molecule has 0 radical (unpaired) electrons. The first-order valence-electron chi connectivity index (χ1n) is 11.6. The van der Waals surface area contributed by atoms with Crippen molar-refractivity contribution in [3.05, 3.63) is 52.5 Å². The third-order valence-electron chi connectivity index (χ3n) is 6.03. The molecule has 1 aromatic heterocycles. The molecule has 3 rings (SSSR count). The van der Waals surface area contributed by atoms with Crippen molar-refractivity contribution in [2.24, 2.45) is 0 Å². The van der Waals surface area contributed by atoms with Gasteiger partial charge >= 0.3 is 0 Å². The van der Waals surface area contributed by atoms with Crippen LogP contribution in [0, 0.1) is 20.8 Å². The Balaban J connectivity index is 1.63. The van der Waals surface area contributed by atoms with Crippen LogP contribution in [-0.4, -0.2) is 72.0 Å². The number of aliphatic hydroxyl groups is 1. The average molecular weight is 427 g/mol. The molecule has 2 aromatic rings. The highest BCUT2D eigenvalue weighted by molar-refractivity contribution is 5.52. The zero-order valence-electron chi connectivity index (χ0n) is 19.6. The summed E-state index contributed by atoms with van der Waals surface area (Å²) in [5.41, 5.74) is 4.91. The number of aromatic nitrogens is 2. The fourth-order valence-electron chi connectivity index (χ4n) is 4.14. The van der Waals surface area contributed by atoms with Gasteiger partial charge in [-0.3, -0.25) is 4.90 Å². The molecule has 1 aliphatic heterocycles. The maximum atomic E-state index is 10.3. The number of piperazine rings is 1. The van der Waals surface area contributed by atoms with Crippen LogP contribution < -0.4 is 4.90 Å². The van der Waals surface area contributed by atoms with Gasteiger partial charge in [0.1, 0.15) is 11.6 Å². The largest absolute Gasteiger partial charge is 0.389 e. The quantitative estimate of drug-likeness (QED) is 0.588. The fraction of sp³-hybridized carbons (Fsp3) is 0.600. The lowest BCUT2D eigenvalue weighted by atomic mass is 9.99. The van der Waals surface area contributed by atoms with Gasteiger partial charge in [-0.05, 0) is 38.3 Å². The molecule has 1 fully saturated rings. The summed E-state index contributed by atoms with van der Waals surface area (Å²) in [6.45, 7) is 13.8. The van der Waals surface area contributed by atoms with Gasteiger partial charge in [0.15, 0.2) is 0 Å². The second kappa shape index (κ2) is 11.6. The summed E-state index contributed by atoms with van der Waals surface area (Å²) in [6, 6.07) is 8.54. The van der Waals surface area contributed by atoms with Crippen LogP contribution in [0.25, 0.3) is 0 Å². The molecule has 0 amide bonds. The van der Waals surface area contributed by atoms with Crippen molar-refractivity contribution >= 4 is 5.82 Å². The Kier molecular flexibility index (Phi) is 8.81. The molecule has 0 unspecified atom stereocenters. The summed E-state index contributed by atoms with van der Waals surface area (Å²) >= 11 is 0. The van der Waals surface area contributed by atoms with Crippen LogP contribution in [0.5, 0.6) is 0 Å². The summed E-state index contributed by atoms with van der Waals surface area (Å²) in [4.78, 5) is 14.2. The van der Waals surface area contributed by atoms with E-state index in [1.165, 1.54) is 16.7 Å². The summed E-state index contributed by atoms with van der Waals surface area (Å²) in [5, 5.41) is 10.3. The Hall–Kier alpha value is -2.02. The van der Waals surface area contributed by atoms with Gasteiger partial charge < -0.3 is 14.7 Å². The number of anilines is 1. The van der Waals surface area contributed by atoms with Crippen molar-refractivity contribution in [3.8, 4) is 0 Å². The van der Waals surface area contributed by atoms with E-state index >= 15 is 0 Å². The van der Waals surface area contributed by atoms with Gasteiger partial charge in [-0.2, -0.15) is 0 Å². The Bertz CT molecular complexity index is 834. The third-order valence-corrected chi connectivity index (χ3v) is 6.03. The molecular formula is C25H38N4O2. The highest BCUT2D eigenvalue weighted by atomic mass is 16.5. The lowest BCUT2D eigenvalue weighted by Crippen LogP contribution is -2.49. The van der Waals surface area contributed by atoms with Crippen molar-refractivity contribution < 1.29 is 9.84 Å². The van der Waals surface area contributed by atoms with Crippen molar-refractivity contribution in [1.82, 2.24) is 14.9 Å². The van der Waals surface area contributed by atoms with Gasteiger partial charge in [-0.1, -0.05) is 37.6 Å². The minimum atomic E-state index is -0.427. The van der Waals surface area contributed by atoms with Gasteiger partial charge in [0, 0.05) is 57.0 Å². The molecule has 1 saturated heterocycles. The lowest BCUT2D eigenvalue weighted by Gasteiger charge is -2.37. The standard InChI is InChI=1S/C25H38N4O2/c1-5-6-15-31-18-23(30)17-28-11-13-29(14-12-28)25-24(20(3)26-21(4)27-25)16-22-10-8-7-9-19(22)2/h7-10,23,30H,5-6,11-18H2,1-4H3/t23-/m1/s1. The first kappa shape index (κ1) is 23.6. The molecule has 170 valence electrons. The molecule has 1 aromatic carbocycles. The minimum absolute atomic E-state index is 0.422. The van der Waals surface area contributed by atoms with Crippen molar-refractivity contribution in [2.45, 2.75) is 53.1 Å². The van der Waals surface area contributed by atoms with Crippen molar-refractivity contribution in [3.63, 3.8) is 0 Å². The van der Waals surface area contributed by atoms with E-state index in [1.54, 1.807) is 0 Å². The number of benzene rings is 1. The fourth-order valence-corrected chi connectivity index (χ4v) is 4.14. The molecule has 0 bridgehead atoms. The number of aliphatic hydroxyl groups excluding tert-OH is 1. The van der Waals surface area contributed by atoms with Crippen molar-refractivity contribution in [2.75, 3.05) is 50.8 Å². The van der Waals surface area contributed by atoms with E-state index in [0.717, 1.165) is 69.4 Å². The van der Waals surface area contributed by atoms with Crippen LogP contribution in [0.1, 0.15) is 48.0 Å². The zero-order chi connectivity index (χ0) is 22.2. The van der Waals surface area contributed by atoms with Gasteiger partial charge in [0.05, 0.1) is 12.7 Å². The molecule has 31 heavy (non-hydrogen) atoms. The maximum absolute atomic E-state index is 10.3. The van der Waals surface area contributed by atoms with Gasteiger partial charge in [-0.25, -0.2) is 9.97 Å². The van der Waals surface area contributed by atoms with Crippen LogP contribution >= 0.6 is 0 Å². The highest BCUT2D eigenvalue weighted by Gasteiger charge is 2.23. The highest BCUT2D eigenvalue weighted by Crippen LogP contribution is 2.26. The molecule has 1 N–H and O–H groups in total. The predicted octanol–water partition coefficient (Wildman–Crippen LogP) is 3.29. The van der Waals surface area contributed by atoms with E-state index < -0.39 is 6.10 Å². The van der Waals surface area contributed by atoms with E-state index in [4.69, 9.17) is 9.72 Å². The van der Waals surface area contributed by atoms with E-state index in [0.29, 0.717) is 13.2 Å². The number of ether oxygens (including phenoxy) is 1. The number of aryl methyl sites for hydroxylation is 3. The first-order valence-corrected chi connectivity index (χ1v) is 11.6. The van der Waals surface area contributed by atoms with Crippen molar-refractivity contribution in [1.29, 1.82) is 0 Å². The van der Waals surface area contributed by atoms with E-state index in [9.17, 15) is 5.11 Å². The van der Waals surface area contributed by atoms with Gasteiger partial charge in [0.25, 0.3) is 0 Å². The summed E-state index contributed by atoms with van der Waals surface area (Å²) in [5.74, 6) is 1.89. The first-order chi connectivity index (χ1) is 15.0. The number of nitrogens with zero attached hydrogens (tertiary/aromatic N) is 4. The van der Waals surface area contributed by atoms with Crippen LogP contribution in [0.2, 0.25) is 0 Å². The number of unbranched alkanes of at least 4 members (excludes halogenated alkanes) is 1. The smallest absolute Gasteiger partial charge is 0.136 e. The second-order valence-corrected chi connectivity index (χ2v) is 8.63. The molecular weight excluding hydrogens is 388 g/mol. The number of hydrogen-bond acceptors (Lipinski definition) is 6. The van der Waals surface area contributed by atoms with E-state index in [2.05, 4.69) is 59.8 Å².